The zero-order valence-corrected chi connectivity index (χ0v) is 8.04. The number of nitrogen functional groups attached to an aromatic ring is 1. The number of urea groups is 1. The van der Waals surface area contributed by atoms with Crippen LogP contribution in [0.2, 0.25) is 0 Å². The second-order valence-corrected chi connectivity index (χ2v) is 3.06. The Morgan fingerprint density at radius 3 is 2.64 bits per heavy atom. The molecule has 0 aliphatic rings. The first-order valence-electron chi connectivity index (χ1n) is 4.04. The van der Waals surface area contributed by atoms with Crippen molar-refractivity contribution in [1.29, 1.82) is 0 Å². The fourth-order valence-corrected chi connectivity index (χ4v) is 0.840. The highest BCUT2D eigenvalue weighted by molar-refractivity contribution is 5.89. The largest absolute Gasteiger partial charge is 0.396 e. The van der Waals surface area contributed by atoms with Gasteiger partial charge in [0.15, 0.2) is 0 Å². The van der Waals surface area contributed by atoms with Crippen LogP contribution in [0.25, 0.3) is 0 Å². The Hall–Kier alpha value is -1.78. The maximum absolute atomic E-state index is 12.9. The minimum Gasteiger partial charge on any atom is -0.396 e. The van der Waals surface area contributed by atoms with Gasteiger partial charge >= 0.3 is 6.03 Å². The molecule has 0 aromatic heterocycles. The van der Waals surface area contributed by atoms with Crippen molar-refractivity contribution in [2.45, 2.75) is 0 Å². The molecule has 5 heteroatoms. The van der Waals surface area contributed by atoms with Gasteiger partial charge in [0, 0.05) is 19.8 Å². The van der Waals surface area contributed by atoms with E-state index in [0.29, 0.717) is 5.69 Å². The van der Waals surface area contributed by atoms with Gasteiger partial charge in [0.05, 0.1) is 5.69 Å². The minimum absolute atomic E-state index is 0.0628. The number of rotatable bonds is 1. The molecule has 1 aromatic rings. The van der Waals surface area contributed by atoms with E-state index in [1.54, 1.807) is 20.2 Å². The van der Waals surface area contributed by atoms with Crippen LogP contribution in [0, 0.1) is 5.82 Å². The maximum atomic E-state index is 12.9. The number of benzene rings is 1. The van der Waals surface area contributed by atoms with Crippen LogP contribution < -0.4 is 11.1 Å². The number of hydrogen-bond acceptors (Lipinski definition) is 2. The number of halogens is 1. The molecule has 0 heterocycles. The summed E-state index contributed by atoms with van der Waals surface area (Å²) >= 11 is 0. The van der Waals surface area contributed by atoms with Gasteiger partial charge < -0.3 is 16.0 Å². The highest BCUT2D eigenvalue weighted by Crippen LogP contribution is 2.15. The molecule has 0 radical (unpaired) electrons. The molecule has 2 amide bonds. The van der Waals surface area contributed by atoms with Crippen LogP contribution in [0.4, 0.5) is 20.6 Å². The molecule has 0 fully saturated rings. The first-order valence-corrected chi connectivity index (χ1v) is 4.04. The highest BCUT2D eigenvalue weighted by atomic mass is 19.1. The molecule has 0 spiro atoms. The van der Waals surface area contributed by atoms with Gasteiger partial charge in [0.2, 0.25) is 0 Å². The van der Waals surface area contributed by atoms with Gasteiger partial charge in [-0.05, 0) is 18.2 Å². The van der Waals surface area contributed by atoms with E-state index in [2.05, 4.69) is 5.32 Å². The van der Waals surface area contributed by atoms with Crippen LogP contribution in [-0.2, 0) is 0 Å². The number of nitrogens with two attached hydrogens (primary N) is 1. The highest BCUT2D eigenvalue weighted by Gasteiger charge is 2.05. The standard InChI is InChI=1S/C9H12FN3O/c1-13(2)9(14)12-6-3-4-8(11)7(10)5-6/h3-5H,11H2,1-2H3,(H,12,14). The topological polar surface area (TPSA) is 58.4 Å². The van der Waals surface area contributed by atoms with Gasteiger partial charge in [-0.25, -0.2) is 9.18 Å². The van der Waals surface area contributed by atoms with Crippen molar-refractivity contribution < 1.29 is 9.18 Å². The second-order valence-electron chi connectivity index (χ2n) is 3.06. The number of nitrogens with zero attached hydrogens (tertiary/aromatic N) is 1. The van der Waals surface area contributed by atoms with Crippen LogP contribution in [0.3, 0.4) is 0 Å². The van der Waals surface area contributed by atoms with E-state index < -0.39 is 5.82 Å². The van der Waals surface area contributed by atoms with Gasteiger partial charge in [0.25, 0.3) is 0 Å². The molecule has 3 N–H and O–H groups in total. The Balaban J connectivity index is 2.78. The average molecular weight is 197 g/mol. The monoisotopic (exact) mass is 197 g/mol. The molecule has 0 aliphatic carbocycles. The summed E-state index contributed by atoms with van der Waals surface area (Å²) in [6, 6.07) is 3.81. The van der Waals surface area contributed by atoms with Crippen molar-refractivity contribution in [1.82, 2.24) is 4.90 Å². The van der Waals surface area contributed by atoms with E-state index in [1.165, 1.54) is 17.0 Å². The lowest BCUT2D eigenvalue weighted by molar-refractivity contribution is 0.230. The van der Waals surface area contributed by atoms with Crippen LogP contribution in [0.5, 0.6) is 0 Å². The van der Waals surface area contributed by atoms with E-state index in [0.717, 1.165) is 0 Å². The van der Waals surface area contributed by atoms with Crippen molar-refractivity contribution in [2.75, 3.05) is 25.1 Å². The summed E-state index contributed by atoms with van der Waals surface area (Å²) < 4.78 is 12.9. The van der Waals surface area contributed by atoms with Gasteiger partial charge in [-0.3, -0.25) is 0 Å². The van der Waals surface area contributed by atoms with Gasteiger partial charge in [-0.1, -0.05) is 0 Å². The third-order valence-electron chi connectivity index (χ3n) is 1.66. The van der Waals surface area contributed by atoms with Gasteiger partial charge in [0.1, 0.15) is 5.82 Å². The van der Waals surface area contributed by atoms with Crippen LogP contribution in [0.1, 0.15) is 0 Å². The minimum atomic E-state index is -0.540. The Labute approximate surface area is 81.5 Å². The SMILES string of the molecule is CN(C)C(=O)Nc1ccc(N)c(F)c1. The molecular weight excluding hydrogens is 185 g/mol. The molecule has 0 atom stereocenters. The van der Waals surface area contributed by atoms with Crippen LogP contribution in [-0.4, -0.2) is 25.0 Å². The number of amides is 2. The number of hydrogen-bond donors (Lipinski definition) is 2. The summed E-state index contributed by atoms with van der Waals surface area (Å²) in [5.74, 6) is -0.540. The summed E-state index contributed by atoms with van der Waals surface area (Å²) in [5, 5.41) is 2.50. The number of carbonyl (C=O) groups excluding carboxylic acids is 1. The zero-order chi connectivity index (χ0) is 10.7. The smallest absolute Gasteiger partial charge is 0.321 e. The lowest BCUT2D eigenvalue weighted by Crippen LogP contribution is -2.27. The normalized spacial score (nSPS) is 9.64. The predicted octanol–water partition coefficient (Wildman–Crippen LogP) is 1.50. The molecule has 0 aliphatic heterocycles. The summed E-state index contributed by atoms with van der Waals surface area (Å²) in [7, 11) is 3.20. The molecule has 1 aromatic carbocycles. The first kappa shape index (κ1) is 10.3. The van der Waals surface area contributed by atoms with Gasteiger partial charge in [-0.2, -0.15) is 0 Å². The van der Waals surface area contributed by atoms with Crippen LogP contribution in [0.15, 0.2) is 18.2 Å². The average Bonchev–Trinajstić information content (AvgIpc) is 2.11. The Morgan fingerprint density at radius 1 is 1.50 bits per heavy atom. The Morgan fingerprint density at radius 2 is 2.14 bits per heavy atom. The second kappa shape index (κ2) is 3.95. The third-order valence-corrected chi connectivity index (χ3v) is 1.66. The van der Waals surface area contributed by atoms with Crippen LogP contribution >= 0.6 is 0 Å². The predicted molar refractivity (Wildman–Crippen MR) is 53.5 cm³/mol. The molecule has 4 nitrogen and oxygen atoms in total. The van der Waals surface area contributed by atoms with E-state index in [4.69, 9.17) is 5.73 Å². The van der Waals surface area contributed by atoms with Crippen molar-refractivity contribution in [3.8, 4) is 0 Å². The van der Waals surface area contributed by atoms with Gasteiger partial charge in [-0.15, -0.1) is 0 Å². The zero-order valence-electron chi connectivity index (χ0n) is 8.04. The fourth-order valence-electron chi connectivity index (χ4n) is 0.840. The van der Waals surface area contributed by atoms with Crippen molar-refractivity contribution >= 4 is 17.4 Å². The Kier molecular flexibility index (Phi) is 2.91. The number of anilines is 2. The fraction of sp³-hybridized carbons (Fsp3) is 0.222. The first-order chi connectivity index (χ1) is 6.50. The summed E-state index contributed by atoms with van der Waals surface area (Å²) in [6.07, 6.45) is 0. The Bertz CT molecular complexity index is 352. The molecule has 0 saturated heterocycles. The molecule has 1 rings (SSSR count). The van der Waals surface area contributed by atoms with E-state index in [9.17, 15) is 9.18 Å². The maximum Gasteiger partial charge on any atom is 0.321 e. The molecule has 0 bridgehead atoms. The molecule has 0 unspecified atom stereocenters. The lowest BCUT2D eigenvalue weighted by Gasteiger charge is -2.12. The molecule has 0 saturated carbocycles. The lowest BCUT2D eigenvalue weighted by atomic mass is 10.3. The quantitative estimate of drug-likeness (QED) is 0.670. The van der Waals surface area contributed by atoms with E-state index >= 15 is 0 Å². The molecular formula is C9H12FN3O. The third kappa shape index (κ3) is 2.35. The van der Waals surface area contributed by atoms with Crippen molar-refractivity contribution in [3.05, 3.63) is 24.0 Å². The summed E-state index contributed by atoms with van der Waals surface area (Å²) in [5.41, 5.74) is 5.73. The molecule has 14 heavy (non-hydrogen) atoms. The molecule has 76 valence electrons. The number of nitrogens with one attached hydrogen (secondary N) is 1. The van der Waals surface area contributed by atoms with E-state index in [-0.39, 0.29) is 11.7 Å². The van der Waals surface area contributed by atoms with Crippen molar-refractivity contribution in [3.63, 3.8) is 0 Å². The summed E-state index contributed by atoms with van der Waals surface area (Å²) in [4.78, 5) is 12.5. The van der Waals surface area contributed by atoms with E-state index in [1.807, 2.05) is 0 Å². The number of carbonyl (C=O) groups is 1. The summed E-state index contributed by atoms with van der Waals surface area (Å²) in [6.45, 7) is 0. The van der Waals surface area contributed by atoms with Crippen molar-refractivity contribution in [2.24, 2.45) is 0 Å².